The van der Waals surface area contributed by atoms with Crippen molar-refractivity contribution in [3.8, 4) is 0 Å². The van der Waals surface area contributed by atoms with Gasteiger partial charge >= 0.3 is 0 Å². The van der Waals surface area contributed by atoms with Crippen LogP contribution in [-0.4, -0.2) is 31.5 Å². The number of nitro benzene ring substituents is 1. The third-order valence-electron chi connectivity index (χ3n) is 2.20. The summed E-state index contributed by atoms with van der Waals surface area (Å²) in [4.78, 5) is 20.8. The van der Waals surface area contributed by atoms with Gasteiger partial charge < -0.3 is 10.1 Å². The van der Waals surface area contributed by atoms with Crippen molar-refractivity contribution in [3.05, 3.63) is 33.9 Å². The second kappa shape index (κ2) is 6.59. The summed E-state index contributed by atoms with van der Waals surface area (Å²) in [7, 11) is 1.60. The third-order valence-corrected chi connectivity index (χ3v) is 2.20. The molecule has 17 heavy (non-hydrogen) atoms. The Balaban J connectivity index is 2.76. The van der Waals surface area contributed by atoms with Crippen molar-refractivity contribution in [2.45, 2.75) is 6.42 Å². The van der Waals surface area contributed by atoms with E-state index in [1.165, 1.54) is 12.1 Å². The minimum absolute atomic E-state index is 0.0907. The molecule has 0 aliphatic carbocycles. The molecule has 1 rings (SSSR count). The molecule has 6 nitrogen and oxygen atoms in total. The molecule has 0 aliphatic rings. The lowest BCUT2D eigenvalue weighted by Crippen LogP contribution is -2.06. The maximum Gasteiger partial charge on any atom is 0.293 e. The highest BCUT2D eigenvalue weighted by Gasteiger charge is 2.13. The number of nitrogens with zero attached hydrogens (tertiary/aromatic N) is 1. The van der Waals surface area contributed by atoms with Crippen LogP contribution in [0.5, 0.6) is 0 Å². The van der Waals surface area contributed by atoms with E-state index in [0.29, 0.717) is 30.7 Å². The molecule has 0 heterocycles. The van der Waals surface area contributed by atoms with Crippen molar-refractivity contribution >= 4 is 17.7 Å². The number of benzene rings is 1. The number of carbonyl (C=O) groups is 1. The van der Waals surface area contributed by atoms with Crippen LogP contribution < -0.4 is 5.32 Å². The average molecular weight is 238 g/mol. The van der Waals surface area contributed by atoms with E-state index in [2.05, 4.69) is 5.32 Å². The lowest BCUT2D eigenvalue weighted by atomic mass is 10.2. The van der Waals surface area contributed by atoms with Crippen molar-refractivity contribution in [2.75, 3.05) is 25.6 Å². The maximum absolute atomic E-state index is 10.8. The lowest BCUT2D eigenvalue weighted by molar-refractivity contribution is -0.384. The van der Waals surface area contributed by atoms with Gasteiger partial charge in [0.15, 0.2) is 0 Å². The summed E-state index contributed by atoms with van der Waals surface area (Å²) in [6.07, 6.45) is 1.34. The standard InChI is InChI=1S/C11H14N2O4/c1-17-6-2-5-12-10-4-3-9(8-14)7-11(10)13(15)16/h3-4,7-8,12H,2,5-6H2,1H3. The number of ether oxygens (including phenoxy) is 1. The van der Waals surface area contributed by atoms with E-state index < -0.39 is 4.92 Å². The van der Waals surface area contributed by atoms with Crippen molar-refractivity contribution in [3.63, 3.8) is 0 Å². The van der Waals surface area contributed by atoms with Gasteiger partial charge in [0, 0.05) is 31.9 Å². The van der Waals surface area contributed by atoms with Crippen LogP contribution in [0.3, 0.4) is 0 Å². The zero-order chi connectivity index (χ0) is 12.7. The fraction of sp³-hybridized carbons (Fsp3) is 0.364. The first-order valence-corrected chi connectivity index (χ1v) is 5.15. The van der Waals surface area contributed by atoms with Crippen LogP contribution in [0.2, 0.25) is 0 Å². The third kappa shape index (κ3) is 3.84. The molecule has 0 unspecified atom stereocenters. The Morgan fingerprint density at radius 3 is 2.88 bits per heavy atom. The van der Waals surface area contributed by atoms with Crippen LogP contribution in [0, 0.1) is 10.1 Å². The van der Waals surface area contributed by atoms with Crippen LogP contribution in [0.1, 0.15) is 16.8 Å². The molecule has 0 fully saturated rings. The number of carbonyl (C=O) groups excluding carboxylic acids is 1. The molecular formula is C11H14N2O4. The van der Waals surface area contributed by atoms with Gasteiger partial charge in [0.1, 0.15) is 12.0 Å². The zero-order valence-corrected chi connectivity index (χ0v) is 9.51. The van der Waals surface area contributed by atoms with Gasteiger partial charge in [-0.3, -0.25) is 14.9 Å². The van der Waals surface area contributed by atoms with E-state index in [4.69, 9.17) is 4.74 Å². The molecule has 0 atom stereocenters. The van der Waals surface area contributed by atoms with Crippen LogP contribution in [-0.2, 0) is 4.74 Å². The number of anilines is 1. The highest BCUT2D eigenvalue weighted by Crippen LogP contribution is 2.24. The largest absolute Gasteiger partial charge is 0.385 e. The predicted octanol–water partition coefficient (Wildman–Crippen LogP) is 1.86. The highest BCUT2D eigenvalue weighted by atomic mass is 16.6. The highest BCUT2D eigenvalue weighted by molar-refractivity contribution is 5.79. The van der Waals surface area contributed by atoms with Crippen LogP contribution in [0.4, 0.5) is 11.4 Å². The molecule has 92 valence electrons. The first-order chi connectivity index (χ1) is 8.19. The summed E-state index contributed by atoms with van der Waals surface area (Å²) in [5.74, 6) is 0. The lowest BCUT2D eigenvalue weighted by Gasteiger charge is -2.06. The summed E-state index contributed by atoms with van der Waals surface area (Å²) in [6, 6.07) is 4.33. The number of nitro groups is 1. The van der Waals surface area contributed by atoms with Crippen LogP contribution in [0.25, 0.3) is 0 Å². The smallest absolute Gasteiger partial charge is 0.293 e. The van der Waals surface area contributed by atoms with Crippen LogP contribution in [0.15, 0.2) is 18.2 Å². The molecular weight excluding hydrogens is 224 g/mol. The predicted molar refractivity (Wildman–Crippen MR) is 63.5 cm³/mol. The first-order valence-electron chi connectivity index (χ1n) is 5.15. The number of rotatable bonds is 7. The molecule has 1 aromatic carbocycles. The molecule has 0 aromatic heterocycles. The van der Waals surface area contributed by atoms with Gasteiger partial charge in [0.2, 0.25) is 0 Å². The van der Waals surface area contributed by atoms with Crippen molar-refractivity contribution in [1.29, 1.82) is 0 Å². The topological polar surface area (TPSA) is 81.5 Å². The zero-order valence-electron chi connectivity index (χ0n) is 9.51. The van der Waals surface area contributed by atoms with Gasteiger partial charge in [-0.2, -0.15) is 0 Å². The minimum Gasteiger partial charge on any atom is -0.385 e. The molecule has 0 saturated carbocycles. The fourth-order valence-electron chi connectivity index (χ4n) is 1.36. The molecule has 0 saturated heterocycles. The summed E-state index contributed by atoms with van der Waals surface area (Å²) in [5, 5.41) is 13.7. The second-order valence-electron chi connectivity index (χ2n) is 3.42. The van der Waals surface area contributed by atoms with E-state index in [0.717, 1.165) is 6.42 Å². The fourth-order valence-corrected chi connectivity index (χ4v) is 1.36. The van der Waals surface area contributed by atoms with Crippen molar-refractivity contribution < 1.29 is 14.5 Å². The summed E-state index contributed by atoms with van der Waals surface area (Å²) in [6.45, 7) is 1.17. The van der Waals surface area contributed by atoms with Gasteiger partial charge in [-0.05, 0) is 18.6 Å². The SMILES string of the molecule is COCCCNc1ccc(C=O)cc1[N+](=O)[O-]. The van der Waals surface area contributed by atoms with Gasteiger partial charge in [-0.15, -0.1) is 0 Å². The van der Waals surface area contributed by atoms with Crippen LogP contribution >= 0.6 is 0 Å². The molecule has 0 bridgehead atoms. The Hall–Kier alpha value is -1.95. The monoisotopic (exact) mass is 238 g/mol. The molecule has 0 spiro atoms. The molecule has 0 amide bonds. The molecule has 6 heteroatoms. The number of aldehydes is 1. The number of nitrogens with one attached hydrogen (secondary N) is 1. The number of hydrogen-bond donors (Lipinski definition) is 1. The van der Waals surface area contributed by atoms with Gasteiger partial charge in [-0.25, -0.2) is 0 Å². The van der Waals surface area contributed by atoms with Crippen molar-refractivity contribution in [1.82, 2.24) is 0 Å². The number of methoxy groups -OCH3 is 1. The Labute approximate surface area is 98.7 Å². The Bertz CT molecular complexity index is 406. The normalized spacial score (nSPS) is 9.94. The summed E-state index contributed by atoms with van der Waals surface area (Å²) in [5.41, 5.74) is 0.614. The van der Waals surface area contributed by atoms with E-state index in [9.17, 15) is 14.9 Å². The maximum atomic E-state index is 10.8. The van der Waals surface area contributed by atoms with Crippen molar-refractivity contribution in [2.24, 2.45) is 0 Å². The second-order valence-corrected chi connectivity index (χ2v) is 3.42. The van der Waals surface area contributed by atoms with E-state index in [-0.39, 0.29) is 5.69 Å². The quantitative estimate of drug-likeness (QED) is 0.339. The minimum atomic E-state index is -0.508. The first kappa shape index (κ1) is 13.1. The molecule has 0 aliphatic heterocycles. The van der Waals surface area contributed by atoms with E-state index in [1.54, 1.807) is 13.2 Å². The Morgan fingerprint density at radius 2 is 2.29 bits per heavy atom. The number of hydrogen-bond acceptors (Lipinski definition) is 5. The summed E-state index contributed by atoms with van der Waals surface area (Å²) >= 11 is 0. The molecule has 1 aromatic rings. The molecule has 1 N–H and O–H groups in total. The van der Waals surface area contributed by atoms with E-state index >= 15 is 0 Å². The van der Waals surface area contributed by atoms with E-state index in [1.807, 2.05) is 0 Å². The Morgan fingerprint density at radius 1 is 1.53 bits per heavy atom. The van der Waals surface area contributed by atoms with Gasteiger partial charge in [-0.1, -0.05) is 0 Å². The van der Waals surface area contributed by atoms with Gasteiger partial charge in [0.25, 0.3) is 5.69 Å². The molecule has 0 radical (unpaired) electrons. The Kier molecular flexibility index (Phi) is 5.09. The average Bonchev–Trinajstić information content (AvgIpc) is 2.34. The summed E-state index contributed by atoms with van der Waals surface area (Å²) < 4.78 is 4.87. The van der Waals surface area contributed by atoms with Gasteiger partial charge in [0.05, 0.1) is 4.92 Å².